The average molecular weight is 361 g/mol. The normalized spacial score (nSPS) is 16.7. The largest absolute Gasteiger partial charge is 0.338 e. The fourth-order valence-electron chi connectivity index (χ4n) is 3.76. The average Bonchev–Trinajstić information content (AvgIpc) is 2.66. The first-order chi connectivity index (χ1) is 12.6. The molecule has 2 rings (SSSR count). The lowest BCUT2D eigenvalue weighted by atomic mass is 9.94. The standard InChI is InChI=1S/C21H36N4O/c1-24(2)20(18-11-6-4-7-12-18)17-23-21(26)22-15-10-16-25(3)19-13-8-5-9-14-19/h4,6-7,11-12,19-20H,5,8-10,13-17H2,1-3H3,(H2,22,23,26)/t20-/m0/s1. The first-order valence-electron chi connectivity index (χ1n) is 10.0. The summed E-state index contributed by atoms with van der Waals surface area (Å²) >= 11 is 0. The van der Waals surface area contributed by atoms with Crippen molar-refractivity contribution in [1.29, 1.82) is 0 Å². The van der Waals surface area contributed by atoms with Crippen LogP contribution in [0.15, 0.2) is 30.3 Å². The van der Waals surface area contributed by atoms with E-state index in [2.05, 4.69) is 39.6 Å². The van der Waals surface area contributed by atoms with Crippen LogP contribution in [-0.4, -0.2) is 62.7 Å². The van der Waals surface area contributed by atoms with Gasteiger partial charge < -0.3 is 20.4 Å². The van der Waals surface area contributed by atoms with Gasteiger partial charge in [0.2, 0.25) is 0 Å². The Morgan fingerprint density at radius 2 is 1.77 bits per heavy atom. The van der Waals surface area contributed by atoms with Crippen LogP contribution in [0.1, 0.15) is 50.1 Å². The second-order valence-electron chi connectivity index (χ2n) is 7.65. The fourth-order valence-corrected chi connectivity index (χ4v) is 3.76. The van der Waals surface area contributed by atoms with Crippen molar-refractivity contribution in [2.75, 3.05) is 40.8 Å². The van der Waals surface area contributed by atoms with Gasteiger partial charge in [0.05, 0.1) is 6.04 Å². The summed E-state index contributed by atoms with van der Waals surface area (Å²) in [4.78, 5) is 16.7. The van der Waals surface area contributed by atoms with Crippen LogP contribution in [0.4, 0.5) is 4.79 Å². The number of carbonyl (C=O) groups is 1. The molecule has 5 nitrogen and oxygen atoms in total. The summed E-state index contributed by atoms with van der Waals surface area (Å²) in [5.74, 6) is 0. The predicted octanol–water partition coefficient (Wildman–Crippen LogP) is 3.24. The van der Waals surface area contributed by atoms with Crippen molar-refractivity contribution >= 4 is 6.03 Å². The van der Waals surface area contributed by atoms with Gasteiger partial charge in [-0.2, -0.15) is 0 Å². The second kappa shape index (κ2) is 11.2. The number of nitrogens with one attached hydrogen (secondary N) is 2. The number of hydrogen-bond donors (Lipinski definition) is 2. The number of nitrogens with zero attached hydrogens (tertiary/aromatic N) is 2. The van der Waals surface area contributed by atoms with E-state index >= 15 is 0 Å². The van der Waals surface area contributed by atoms with Crippen molar-refractivity contribution in [3.05, 3.63) is 35.9 Å². The molecule has 0 spiro atoms. The zero-order chi connectivity index (χ0) is 18.8. The van der Waals surface area contributed by atoms with Crippen LogP contribution < -0.4 is 10.6 Å². The SMILES string of the molecule is CN(CCCNC(=O)NC[C@@H](c1ccccc1)N(C)C)C1CCCCC1. The van der Waals surface area contributed by atoms with Gasteiger partial charge in [0.1, 0.15) is 0 Å². The van der Waals surface area contributed by atoms with E-state index < -0.39 is 0 Å². The van der Waals surface area contributed by atoms with Gasteiger partial charge in [-0.3, -0.25) is 0 Å². The van der Waals surface area contributed by atoms with E-state index in [1.807, 2.05) is 32.3 Å². The summed E-state index contributed by atoms with van der Waals surface area (Å²) in [6.07, 6.45) is 7.78. The lowest BCUT2D eigenvalue weighted by molar-refractivity contribution is 0.189. The van der Waals surface area contributed by atoms with E-state index in [0.29, 0.717) is 6.54 Å². The Labute approximate surface area is 159 Å². The summed E-state index contributed by atoms with van der Waals surface area (Å²) in [7, 11) is 6.30. The first kappa shape index (κ1) is 20.7. The molecular weight excluding hydrogens is 324 g/mol. The quantitative estimate of drug-likeness (QED) is 0.665. The zero-order valence-corrected chi connectivity index (χ0v) is 16.7. The lowest BCUT2D eigenvalue weighted by Crippen LogP contribution is -2.41. The number of carbonyl (C=O) groups excluding carboxylic acids is 1. The summed E-state index contributed by atoms with van der Waals surface area (Å²) in [5.41, 5.74) is 1.21. The predicted molar refractivity (Wildman–Crippen MR) is 108 cm³/mol. The van der Waals surface area contributed by atoms with Crippen LogP contribution in [0.3, 0.4) is 0 Å². The van der Waals surface area contributed by atoms with Gasteiger partial charge in [0.25, 0.3) is 0 Å². The molecule has 1 fully saturated rings. The van der Waals surface area contributed by atoms with E-state index in [-0.39, 0.29) is 12.1 Å². The maximum absolute atomic E-state index is 12.1. The van der Waals surface area contributed by atoms with E-state index in [4.69, 9.17) is 0 Å². The molecule has 2 N–H and O–H groups in total. The molecule has 26 heavy (non-hydrogen) atoms. The van der Waals surface area contributed by atoms with E-state index in [0.717, 1.165) is 25.6 Å². The Morgan fingerprint density at radius 1 is 1.08 bits per heavy atom. The highest BCUT2D eigenvalue weighted by Gasteiger charge is 2.17. The second-order valence-corrected chi connectivity index (χ2v) is 7.65. The molecule has 0 saturated heterocycles. The maximum Gasteiger partial charge on any atom is 0.314 e. The fraction of sp³-hybridized carbons (Fsp3) is 0.667. The molecular formula is C21H36N4O. The number of rotatable bonds is 9. The zero-order valence-electron chi connectivity index (χ0n) is 16.7. The smallest absolute Gasteiger partial charge is 0.314 e. The summed E-state index contributed by atoms with van der Waals surface area (Å²) in [5, 5.41) is 6.00. The molecule has 1 aliphatic rings. The van der Waals surface area contributed by atoms with E-state index in [9.17, 15) is 4.79 Å². The van der Waals surface area contributed by atoms with Crippen LogP contribution >= 0.6 is 0 Å². The molecule has 1 saturated carbocycles. The number of hydrogen-bond acceptors (Lipinski definition) is 3. The van der Waals surface area contributed by atoms with E-state index in [1.165, 1.54) is 37.7 Å². The van der Waals surface area contributed by atoms with Crippen molar-refractivity contribution in [2.24, 2.45) is 0 Å². The summed E-state index contributed by atoms with van der Waals surface area (Å²) < 4.78 is 0. The Bertz CT molecular complexity index is 514. The van der Waals surface area contributed by atoms with Gasteiger partial charge in [-0.25, -0.2) is 4.79 Å². The molecule has 5 heteroatoms. The monoisotopic (exact) mass is 360 g/mol. The van der Waals surface area contributed by atoms with Crippen molar-refractivity contribution in [3.8, 4) is 0 Å². The van der Waals surface area contributed by atoms with Crippen LogP contribution in [-0.2, 0) is 0 Å². The van der Waals surface area contributed by atoms with Crippen molar-refractivity contribution in [3.63, 3.8) is 0 Å². The molecule has 0 aromatic heterocycles. The highest BCUT2D eigenvalue weighted by molar-refractivity contribution is 5.73. The van der Waals surface area contributed by atoms with Gasteiger partial charge in [-0.1, -0.05) is 49.6 Å². The third-order valence-electron chi connectivity index (χ3n) is 5.43. The molecule has 0 bridgehead atoms. The maximum atomic E-state index is 12.1. The number of amides is 2. The van der Waals surface area contributed by atoms with Crippen LogP contribution in [0.2, 0.25) is 0 Å². The third-order valence-corrected chi connectivity index (χ3v) is 5.43. The molecule has 1 aromatic rings. The van der Waals surface area contributed by atoms with Gasteiger partial charge in [-0.15, -0.1) is 0 Å². The molecule has 2 amide bonds. The van der Waals surface area contributed by atoms with Crippen LogP contribution in [0.25, 0.3) is 0 Å². The van der Waals surface area contributed by atoms with Crippen LogP contribution in [0.5, 0.6) is 0 Å². The number of urea groups is 1. The molecule has 1 aromatic carbocycles. The van der Waals surface area contributed by atoms with Crippen molar-refractivity contribution in [2.45, 2.75) is 50.6 Å². The number of benzene rings is 1. The summed E-state index contributed by atoms with van der Waals surface area (Å²) in [6.45, 7) is 2.38. The Balaban J connectivity index is 1.63. The van der Waals surface area contributed by atoms with Gasteiger partial charge in [-0.05, 0) is 52.5 Å². The minimum Gasteiger partial charge on any atom is -0.338 e. The lowest BCUT2D eigenvalue weighted by Gasteiger charge is -2.31. The Hall–Kier alpha value is -1.59. The minimum atomic E-state index is -0.0758. The van der Waals surface area contributed by atoms with Gasteiger partial charge in [0.15, 0.2) is 0 Å². The van der Waals surface area contributed by atoms with Crippen molar-refractivity contribution < 1.29 is 4.79 Å². The molecule has 0 radical (unpaired) electrons. The summed E-state index contributed by atoms with van der Waals surface area (Å²) in [6, 6.07) is 11.1. The van der Waals surface area contributed by atoms with Gasteiger partial charge in [0, 0.05) is 19.1 Å². The molecule has 0 aliphatic heterocycles. The minimum absolute atomic E-state index is 0.0758. The molecule has 1 aliphatic carbocycles. The first-order valence-corrected chi connectivity index (χ1v) is 10.0. The molecule has 1 atom stereocenters. The van der Waals surface area contributed by atoms with Gasteiger partial charge >= 0.3 is 6.03 Å². The molecule has 0 unspecified atom stereocenters. The topological polar surface area (TPSA) is 47.6 Å². The Morgan fingerprint density at radius 3 is 2.42 bits per heavy atom. The van der Waals surface area contributed by atoms with E-state index in [1.54, 1.807) is 0 Å². The third kappa shape index (κ3) is 6.96. The number of likely N-dealkylation sites (N-methyl/N-ethyl adjacent to an activating group) is 1. The van der Waals surface area contributed by atoms with Crippen LogP contribution in [0, 0.1) is 0 Å². The highest BCUT2D eigenvalue weighted by atomic mass is 16.2. The van der Waals surface area contributed by atoms with Crippen molar-refractivity contribution in [1.82, 2.24) is 20.4 Å². The Kier molecular flexibility index (Phi) is 8.92. The molecule has 146 valence electrons. The molecule has 0 heterocycles. The highest BCUT2D eigenvalue weighted by Crippen LogP contribution is 2.21.